The molecule has 7 heteroatoms. The van der Waals surface area contributed by atoms with Gasteiger partial charge < -0.3 is 16.2 Å². The number of aromatic nitrogens is 1. The first-order valence-electron chi connectivity index (χ1n) is 5.16. The number of anilines is 1. The highest BCUT2D eigenvalue weighted by Gasteiger charge is 2.11. The molecule has 0 saturated heterocycles. The first-order chi connectivity index (χ1) is 8.97. The second kappa shape index (κ2) is 5.23. The van der Waals surface area contributed by atoms with Gasteiger partial charge in [0, 0.05) is 0 Å². The van der Waals surface area contributed by atoms with Gasteiger partial charge in [0.1, 0.15) is 17.3 Å². The minimum absolute atomic E-state index is 0.0300. The highest BCUT2D eigenvalue weighted by atomic mass is 79.9. The quantitative estimate of drug-likeness (QED) is 0.906. The Morgan fingerprint density at radius 3 is 2.68 bits per heavy atom. The summed E-state index contributed by atoms with van der Waals surface area (Å²) in [7, 11) is 0. The van der Waals surface area contributed by atoms with E-state index in [0.29, 0.717) is 10.2 Å². The van der Waals surface area contributed by atoms with E-state index >= 15 is 0 Å². The van der Waals surface area contributed by atoms with Crippen molar-refractivity contribution in [2.75, 3.05) is 5.73 Å². The zero-order chi connectivity index (χ0) is 14.0. The van der Waals surface area contributed by atoms with Crippen LogP contribution in [0.25, 0.3) is 0 Å². The molecule has 0 aliphatic rings. The largest absolute Gasteiger partial charge is 0.436 e. The summed E-state index contributed by atoms with van der Waals surface area (Å²) in [6, 6.07) is 6.74. The second-order valence-corrected chi connectivity index (χ2v) is 4.49. The lowest BCUT2D eigenvalue weighted by molar-refractivity contribution is 0.0995. The van der Waals surface area contributed by atoms with Gasteiger partial charge >= 0.3 is 0 Å². The van der Waals surface area contributed by atoms with Crippen LogP contribution in [0.5, 0.6) is 11.6 Å². The van der Waals surface area contributed by atoms with E-state index in [1.54, 1.807) is 0 Å². The van der Waals surface area contributed by atoms with Crippen molar-refractivity contribution < 1.29 is 13.9 Å². The summed E-state index contributed by atoms with van der Waals surface area (Å²) in [4.78, 5) is 14.9. The van der Waals surface area contributed by atoms with Crippen LogP contribution in [-0.2, 0) is 0 Å². The van der Waals surface area contributed by atoms with Crippen molar-refractivity contribution in [3.63, 3.8) is 0 Å². The number of rotatable bonds is 3. The van der Waals surface area contributed by atoms with E-state index in [-0.39, 0.29) is 17.3 Å². The molecule has 1 heterocycles. The van der Waals surface area contributed by atoms with Crippen molar-refractivity contribution in [3.8, 4) is 11.6 Å². The van der Waals surface area contributed by atoms with Crippen molar-refractivity contribution in [2.24, 2.45) is 5.73 Å². The molecule has 5 nitrogen and oxygen atoms in total. The smallest absolute Gasteiger partial charge is 0.267 e. The number of hydrogen-bond acceptors (Lipinski definition) is 4. The summed E-state index contributed by atoms with van der Waals surface area (Å²) in [6.45, 7) is 0. The van der Waals surface area contributed by atoms with Crippen molar-refractivity contribution in [2.45, 2.75) is 0 Å². The highest BCUT2D eigenvalue weighted by Crippen LogP contribution is 2.31. The Bertz CT molecular complexity index is 649. The summed E-state index contributed by atoms with van der Waals surface area (Å²) in [6.07, 6.45) is 0. The number of ether oxygens (including phenoxy) is 1. The predicted molar refractivity (Wildman–Crippen MR) is 71.3 cm³/mol. The molecule has 0 aliphatic heterocycles. The van der Waals surface area contributed by atoms with Crippen molar-refractivity contribution in [3.05, 3.63) is 46.3 Å². The molecule has 1 aromatic heterocycles. The van der Waals surface area contributed by atoms with Gasteiger partial charge in [-0.05, 0) is 46.3 Å². The van der Waals surface area contributed by atoms with Crippen LogP contribution in [-0.4, -0.2) is 10.9 Å². The van der Waals surface area contributed by atoms with Gasteiger partial charge in [-0.2, -0.15) is 0 Å². The van der Waals surface area contributed by atoms with Gasteiger partial charge in [0.2, 0.25) is 5.88 Å². The molecule has 19 heavy (non-hydrogen) atoms. The number of primary amides is 1. The Morgan fingerprint density at radius 2 is 2.05 bits per heavy atom. The van der Waals surface area contributed by atoms with Crippen LogP contribution in [0, 0.1) is 5.82 Å². The lowest BCUT2D eigenvalue weighted by Crippen LogP contribution is -2.13. The number of amides is 1. The third kappa shape index (κ3) is 3.00. The van der Waals surface area contributed by atoms with Crippen molar-refractivity contribution >= 4 is 27.5 Å². The van der Waals surface area contributed by atoms with E-state index in [0.717, 1.165) is 0 Å². The van der Waals surface area contributed by atoms with E-state index < -0.39 is 11.7 Å². The molecule has 0 radical (unpaired) electrons. The number of carbonyl (C=O) groups is 1. The minimum Gasteiger partial charge on any atom is -0.436 e. The first-order valence-corrected chi connectivity index (χ1v) is 5.96. The van der Waals surface area contributed by atoms with E-state index in [1.807, 2.05) is 0 Å². The molecule has 0 aliphatic carbocycles. The molecular formula is C12H9BrFN3O2. The standard InChI is InChI=1S/C12H9BrFN3O2/c13-7-5-6(14)1-4-10(7)19-12-8(15)2-3-9(17-12)11(16)18/h1-5H,15H2,(H2,16,18). The van der Waals surface area contributed by atoms with Gasteiger partial charge in [-0.25, -0.2) is 9.37 Å². The Balaban J connectivity index is 2.37. The Hall–Kier alpha value is -2.15. The fraction of sp³-hybridized carbons (Fsp3) is 0. The monoisotopic (exact) mass is 325 g/mol. The highest BCUT2D eigenvalue weighted by molar-refractivity contribution is 9.10. The molecule has 0 bridgehead atoms. The average Bonchev–Trinajstić information content (AvgIpc) is 2.34. The second-order valence-electron chi connectivity index (χ2n) is 3.63. The maximum atomic E-state index is 12.9. The topological polar surface area (TPSA) is 91.2 Å². The van der Waals surface area contributed by atoms with Gasteiger partial charge in [-0.15, -0.1) is 0 Å². The van der Waals surface area contributed by atoms with Gasteiger partial charge in [0.15, 0.2) is 0 Å². The van der Waals surface area contributed by atoms with Crippen LogP contribution in [0.15, 0.2) is 34.8 Å². The van der Waals surface area contributed by atoms with Crippen LogP contribution in [0.3, 0.4) is 0 Å². The maximum absolute atomic E-state index is 12.9. The molecular weight excluding hydrogens is 317 g/mol. The van der Waals surface area contributed by atoms with E-state index in [2.05, 4.69) is 20.9 Å². The minimum atomic E-state index is -0.692. The molecule has 4 N–H and O–H groups in total. The van der Waals surface area contributed by atoms with Gasteiger partial charge in [0.25, 0.3) is 5.91 Å². The summed E-state index contributed by atoms with van der Waals surface area (Å²) in [5, 5.41) is 0. The van der Waals surface area contributed by atoms with Crippen molar-refractivity contribution in [1.82, 2.24) is 4.98 Å². The van der Waals surface area contributed by atoms with Crippen molar-refractivity contribution in [1.29, 1.82) is 0 Å². The third-order valence-corrected chi connectivity index (χ3v) is 2.86. The molecule has 2 rings (SSSR count). The lowest BCUT2D eigenvalue weighted by atomic mass is 10.3. The zero-order valence-corrected chi connectivity index (χ0v) is 11.1. The van der Waals surface area contributed by atoms with Gasteiger partial charge in [0.05, 0.1) is 10.2 Å². The van der Waals surface area contributed by atoms with Crippen LogP contribution in [0.2, 0.25) is 0 Å². The van der Waals surface area contributed by atoms with Crippen LogP contribution >= 0.6 is 15.9 Å². The molecule has 2 aromatic rings. The summed E-state index contributed by atoms with van der Waals surface area (Å²) < 4.78 is 18.8. The van der Waals surface area contributed by atoms with Crippen LogP contribution in [0.4, 0.5) is 10.1 Å². The molecule has 1 aromatic carbocycles. The summed E-state index contributed by atoms with van der Waals surface area (Å²) in [5.41, 5.74) is 11.1. The third-order valence-electron chi connectivity index (χ3n) is 2.24. The van der Waals surface area contributed by atoms with E-state index in [4.69, 9.17) is 16.2 Å². The number of carbonyl (C=O) groups excluding carboxylic acids is 1. The molecule has 98 valence electrons. The lowest BCUT2D eigenvalue weighted by Gasteiger charge is -2.09. The van der Waals surface area contributed by atoms with Crippen LogP contribution in [0.1, 0.15) is 10.5 Å². The predicted octanol–water partition coefficient (Wildman–Crippen LogP) is 2.46. The SMILES string of the molecule is NC(=O)c1ccc(N)c(Oc2ccc(F)cc2Br)n1. The zero-order valence-electron chi connectivity index (χ0n) is 9.56. The van der Waals surface area contributed by atoms with E-state index in [1.165, 1.54) is 30.3 Å². The Kier molecular flexibility index (Phi) is 3.66. The number of nitrogen functional groups attached to an aromatic ring is 1. The average molecular weight is 326 g/mol. The van der Waals surface area contributed by atoms with Crippen LogP contribution < -0.4 is 16.2 Å². The van der Waals surface area contributed by atoms with E-state index in [9.17, 15) is 9.18 Å². The molecule has 0 unspecified atom stereocenters. The number of benzene rings is 1. The summed E-state index contributed by atoms with van der Waals surface area (Å²) in [5.74, 6) is -0.750. The Morgan fingerprint density at radius 1 is 1.32 bits per heavy atom. The fourth-order valence-corrected chi connectivity index (χ4v) is 1.76. The molecule has 0 atom stereocenters. The summed E-state index contributed by atoms with van der Waals surface area (Å²) >= 11 is 3.15. The normalized spacial score (nSPS) is 10.2. The molecule has 0 saturated carbocycles. The molecule has 0 fully saturated rings. The number of nitrogens with two attached hydrogens (primary N) is 2. The molecule has 0 spiro atoms. The number of halogens is 2. The number of nitrogens with zero attached hydrogens (tertiary/aromatic N) is 1. The number of hydrogen-bond donors (Lipinski definition) is 2. The molecule has 1 amide bonds. The Labute approximate surface area is 116 Å². The number of pyridine rings is 1. The van der Waals surface area contributed by atoms with Gasteiger partial charge in [-0.3, -0.25) is 4.79 Å². The van der Waals surface area contributed by atoms with Gasteiger partial charge in [-0.1, -0.05) is 0 Å². The first kappa shape index (κ1) is 13.3. The fourth-order valence-electron chi connectivity index (χ4n) is 1.33. The maximum Gasteiger partial charge on any atom is 0.267 e.